The van der Waals surface area contributed by atoms with E-state index in [-0.39, 0.29) is 31.1 Å². The molecule has 12 nitrogen and oxygen atoms in total. The Morgan fingerprint density at radius 2 is 1.20 bits per heavy atom. The van der Waals surface area contributed by atoms with Gasteiger partial charge in [0.2, 0.25) is 17.7 Å². The van der Waals surface area contributed by atoms with Gasteiger partial charge in [0.15, 0.2) is 0 Å². The maximum absolute atomic E-state index is 13.0. The third-order valence-corrected chi connectivity index (χ3v) is 5.24. The number of aliphatic carboxylic acids is 2. The molecule has 35 heavy (non-hydrogen) atoms. The lowest BCUT2D eigenvalue weighted by Gasteiger charge is -2.25. The van der Waals surface area contributed by atoms with E-state index in [4.69, 9.17) is 16.6 Å². The van der Waals surface area contributed by atoms with Gasteiger partial charge < -0.3 is 37.6 Å². The molecular formula is C23H43N5O7. The highest BCUT2D eigenvalue weighted by Gasteiger charge is 2.30. The number of amides is 3. The molecule has 0 rings (SSSR count). The molecule has 0 aliphatic rings. The summed E-state index contributed by atoms with van der Waals surface area (Å²) >= 11 is 0. The van der Waals surface area contributed by atoms with Crippen molar-refractivity contribution < 1.29 is 34.2 Å². The summed E-state index contributed by atoms with van der Waals surface area (Å²) in [5.74, 6) is -4.29. The Kier molecular flexibility index (Phi) is 15.5. The SMILES string of the molecule is CC(C)CC(N)C(=O)NC(CCCCN)C(=O)NC(CCC(=O)O)C(=O)NC(CC(C)C)C(=O)O. The van der Waals surface area contributed by atoms with E-state index in [1.807, 2.05) is 13.8 Å². The van der Waals surface area contributed by atoms with Crippen LogP contribution >= 0.6 is 0 Å². The Labute approximate surface area is 206 Å². The first kappa shape index (κ1) is 32.3. The minimum absolute atomic E-state index is 0.0272. The molecular weight excluding hydrogens is 458 g/mol. The van der Waals surface area contributed by atoms with Crippen molar-refractivity contribution in [2.75, 3.05) is 6.54 Å². The van der Waals surface area contributed by atoms with Crippen molar-refractivity contribution in [2.45, 2.75) is 96.8 Å². The molecule has 9 N–H and O–H groups in total. The first-order chi connectivity index (χ1) is 16.3. The van der Waals surface area contributed by atoms with E-state index in [9.17, 15) is 29.1 Å². The molecule has 0 aromatic rings. The summed E-state index contributed by atoms with van der Waals surface area (Å²) in [6.45, 7) is 7.81. The molecule has 0 aliphatic heterocycles. The summed E-state index contributed by atoms with van der Waals surface area (Å²) in [5.41, 5.74) is 11.5. The molecule has 0 heterocycles. The summed E-state index contributed by atoms with van der Waals surface area (Å²) in [5, 5.41) is 25.9. The first-order valence-electron chi connectivity index (χ1n) is 12.1. The average molecular weight is 502 g/mol. The molecule has 4 unspecified atom stereocenters. The Balaban J connectivity index is 5.57. The lowest BCUT2D eigenvalue weighted by Crippen LogP contribution is -2.57. The normalized spacial score (nSPS) is 14.6. The number of carboxylic acid groups (broad SMARTS) is 2. The fourth-order valence-corrected chi connectivity index (χ4v) is 3.43. The zero-order chi connectivity index (χ0) is 27.1. The fraction of sp³-hybridized carbons (Fsp3) is 0.783. The third kappa shape index (κ3) is 14.3. The number of nitrogens with two attached hydrogens (primary N) is 2. The monoisotopic (exact) mass is 501 g/mol. The van der Waals surface area contributed by atoms with Crippen LogP contribution in [0.25, 0.3) is 0 Å². The third-order valence-electron chi connectivity index (χ3n) is 5.24. The molecule has 4 atom stereocenters. The minimum Gasteiger partial charge on any atom is -0.481 e. The Morgan fingerprint density at radius 3 is 1.66 bits per heavy atom. The summed E-state index contributed by atoms with van der Waals surface area (Å²) in [7, 11) is 0. The van der Waals surface area contributed by atoms with Crippen LogP contribution in [0.3, 0.4) is 0 Å². The number of nitrogens with one attached hydrogen (secondary N) is 3. The molecule has 3 amide bonds. The molecule has 0 fully saturated rings. The van der Waals surface area contributed by atoms with Gasteiger partial charge in [0.25, 0.3) is 0 Å². The van der Waals surface area contributed by atoms with Crippen molar-refractivity contribution >= 4 is 29.7 Å². The van der Waals surface area contributed by atoms with Crippen molar-refractivity contribution in [1.29, 1.82) is 0 Å². The van der Waals surface area contributed by atoms with Gasteiger partial charge in [0.05, 0.1) is 6.04 Å². The van der Waals surface area contributed by atoms with Crippen LogP contribution in [0, 0.1) is 11.8 Å². The van der Waals surface area contributed by atoms with Gasteiger partial charge in [0.1, 0.15) is 18.1 Å². The molecule has 0 bridgehead atoms. The van der Waals surface area contributed by atoms with Crippen molar-refractivity contribution in [1.82, 2.24) is 16.0 Å². The topological polar surface area (TPSA) is 214 Å². The number of carboxylic acids is 2. The summed E-state index contributed by atoms with van der Waals surface area (Å²) in [6.07, 6.45) is 1.26. The van der Waals surface area contributed by atoms with Gasteiger partial charge in [-0.1, -0.05) is 27.7 Å². The molecule has 0 saturated heterocycles. The van der Waals surface area contributed by atoms with Gasteiger partial charge in [-0.15, -0.1) is 0 Å². The number of hydrogen-bond donors (Lipinski definition) is 7. The Morgan fingerprint density at radius 1 is 0.714 bits per heavy atom. The van der Waals surface area contributed by atoms with Crippen LogP contribution in [0.5, 0.6) is 0 Å². The van der Waals surface area contributed by atoms with Gasteiger partial charge in [0, 0.05) is 6.42 Å². The van der Waals surface area contributed by atoms with Crippen LogP contribution in [-0.2, 0) is 24.0 Å². The second-order valence-corrected chi connectivity index (χ2v) is 9.60. The van der Waals surface area contributed by atoms with Crippen molar-refractivity contribution in [3.8, 4) is 0 Å². The Bertz CT molecular complexity index is 714. The van der Waals surface area contributed by atoms with E-state index in [2.05, 4.69) is 16.0 Å². The smallest absolute Gasteiger partial charge is 0.326 e. The van der Waals surface area contributed by atoms with E-state index in [1.54, 1.807) is 13.8 Å². The van der Waals surface area contributed by atoms with Gasteiger partial charge in [-0.05, 0) is 56.9 Å². The number of rotatable bonds is 18. The zero-order valence-electron chi connectivity index (χ0n) is 21.2. The number of carbonyl (C=O) groups excluding carboxylic acids is 3. The van der Waals surface area contributed by atoms with Crippen LogP contribution in [0.2, 0.25) is 0 Å². The summed E-state index contributed by atoms with van der Waals surface area (Å²) in [4.78, 5) is 61.0. The van der Waals surface area contributed by atoms with Crippen LogP contribution in [0.1, 0.15) is 72.6 Å². The molecule has 0 aliphatic carbocycles. The molecule has 202 valence electrons. The highest BCUT2D eigenvalue weighted by molar-refractivity contribution is 5.94. The van der Waals surface area contributed by atoms with Gasteiger partial charge >= 0.3 is 11.9 Å². The van der Waals surface area contributed by atoms with E-state index in [1.165, 1.54) is 0 Å². The van der Waals surface area contributed by atoms with E-state index >= 15 is 0 Å². The zero-order valence-corrected chi connectivity index (χ0v) is 21.2. The summed E-state index contributed by atoms with van der Waals surface area (Å²) < 4.78 is 0. The lowest BCUT2D eigenvalue weighted by atomic mass is 10.0. The highest BCUT2D eigenvalue weighted by atomic mass is 16.4. The quantitative estimate of drug-likeness (QED) is 0.125. The highest BCUT2D eigenvalue weighted by Crippen LogP contribution is 2.09. The first-order valence-corrected chi connectivity index (χ1v) is 12.1. The fourth-order valence-electron chi connectivity index (χ4n) is 3.43. The van der Waals surface area contributed by atoms with Crippen LogP contribution in [0.15, 0.2) is 0 Å². The molecule has 0 aromatic carbocycles. The van der Waals surface area contributed by atoms with Crippen molar-refractivity contribution in [2.24, 2.45) is 23.3 Å². The second-order valence-electron chi connectivity index (χ2n) is 9.60. The van der Waals surface area contributed by atoms with E-state index < -0.39 is 60.2 Å². The predicted octanol–water partition coefficient (Wildman–Crippen LogP) is -0.0613. The average Bonchev–Trinajstić information content (AvgIpc) is 2.74. The maximum atomic E-state index is 13.0. The second kappa shape index (κ2) is 16.8. The Hall–Kier alpha value is -2.73. The number of unbranched alkanes of at least 4 members (excludes halogenated alkanes) is 1. The summed E-state index contributed by atoms with van der Waals surface area (Å²) in [6, 6.07) is -4.33. The maximum Gasteiger partial charge on any atom is 0.326 e. The minimum atomic E-state index is -1.30. The van der Waals surface area contributed by atoms with Crippen LogP contribution < -0.4 is 27.4 Å². The predicted molar refractivity (Wildman–Crippen MR) is 130 cm³/mol. The molecule has 12 heteroatoms. The molecule has 0 saturated carbocycles. The lowest BCUT2D eigenvalue weighted by molar-refractivity contribution is -0.143. The standard InChI is InChI=1S/C23H43N5O7/c1-13(2)11-15(25)20(31)26-16(7-5-6-10-24)21(32)27-17(8-9-19(29)30)22(33)28-18(23(34)35)12-14(3)4/h13-18H,5-12,24-25H2,1-4H3,(H,26,31)(H,27,32)(H,28,33)(H,29,30)(H,34,35). The number of carbonyl (C=O) groups is 5. The van der Waals surface area contributed by atoms with Gasteiger partial charge in [-0.3, -0.25) is 19.2 Å². The molecule has 0 aromatic heterocycles. The number of hydrogen-bond acceptors (Lipinski definition) is 7. The largest absolute Gasteiger partial charge is 0.481 e. The van der Waals surface area contributed by atoms with Crippen LogP contribution in [0.4, 0.5) is 0 Å². The van der Waals surface area contributed by atoms with E-state index in [0.717, 1.165) is 0 Å². The van der Waals surface area contributed by atoms with Gasteiger partial charge in [-0.2, -0.15) is 0 Å². The molecule has 0 radical (unpaired) electrons. The van der Waals surface area contributed by atoms with E-state index in [0.29, 0.717) is 25.8 Å². The molecule has 0 spiro atoms. The van der Waals surface area contributed by atoms with Crippen molar-refractivity contribution in [3.05, 3.63) is 0 Å². The van der Waals surface area contributed by atoms with Gasteiger partial charge in [-0.25, -0.2) is 4.79 Å². The van der Waals surface area contributed by atoms with Crippen LogP contribution in [-0.4, -0.2) is 70.6 Å². The van der Waals surface area contributed by atoms with Crippen molar-refractivity contribution in [3.63, 3.8) is 0 Å².